The first kappa shape index (κ1) is 24.3. The molecule has 0 atom stereocenters. The molecule has 0 aliphatic heterocycles. The zero-order chi connectivity index (χ0) is 29.5. The van der Waals surface area contributed by atoms with Crippen molar-refractivity contribution in [3.63, 3.8) is 0 Å². The van der Waals surface area contributed by atoms with E-state index in [0.29, 0.717) is 0 Å². The molecule has 0 spiro atoms. The summed E-state index contributed by atoms with van der Waals surface area (Å²) in [6.45, 7) is 0. The average molecular weight is 577 g/mol. The van der Waals surface area contributed by atoms with Crippen LogP contribution in [0.5, 0.6) is 0 Å². The maximum Gasteiger partial charge on any atom is 0.145 e. The van der Waals surface area contributed by atoms with Gasteiger partial charge < -0.3 is 13.4 Å². The minimum Gasteiger partial charge on any atom is -0.455 e. The fraction of sp³-hybridized carbons (Fsp3) is 0. The highest BCUT2D eigenvalue weighted by Gasteiger charge is 2.21. The molecule has 4 nitrogen and oxygen atoms in total. The second kappa shape index (κ2) is 9.18. The lowest BCUT2D eigenvalue weighted by atomic mass is 10.0. The van der Waals surface area contributed by atoms with Gasteiger partial charge in [-0.3, -0.25) is 0 Å². The molecular formula is C41H24N2O2. The van der Waals surface area contributed by atoms with Gasteiger partial charge in [-0.15, -0.1) is 0 Å². The predicted molar refractivity (Wildman–Crippen MR) is 184 cm³/mol. The molecule has 10 aromatic rings. The summed E-state index contributed by atoms with van der Waals surface area (Å²) < 4.78 is 15.4. The largest absolute Gasteiger partial charge is 0.455 e. The molecule has 0 radical (unpaired) electrons. The molecule has 0 bridgehead atoms. The maximum absolute atomic E-state index is 6.55. The van der Waals surface area contributed by atoms with Gasteiger partial charge in [0, 0.05) is 38.1 Å². The average Bonchev–Trinajstić information content (AvgIpc) is 3.78. The van der Waals surface area contributed by atoms with Crippen molar-refractivity contribution in [1.82, 2.24) is 9.55 Å². The van der Waals surface area contributed by atoms with E-state index >= 15 is 0 Å². The van der Waals surface area contributed by atoms with Gasteiger partial charge in [0.15, 0.2) is 0 Å². The lowest BCUT2D eigenvalue weighted by Crippen LogP contribution is -1.98. The van der Waals surface area contributed by atoms with Crippen LogP contribution in [-0.2, 0) is 0 Å². The molecule has 10 rings (SSSR count). The summed E-state index contributed by atoms with van der Waals surface area (Å²) in [6, 6.07) is 50.5. The van der Waals surface area contributed by atoms with Gasteiger partial charge in [0.2, 0.25) is 0 Å². The van der Waals surface area contributed by atoms with Gasteiger partial charge >= 0.3 is 0 Å². The number of para-hydroxylation sites is 4. The van der Waals surface area contributed by atoms with E-state index in [2.05, 4.69) is 120 Å². The fourth-order valence-corrected chi connectivity index (χ4v) is 7.00. The molecule has 4 aromatic heterocycles. The van der Waals surface area contributed by atoms with Gasteiger partial charge in [0.05, 0.1) is 33.5 Å². The zero-order valence-electron chi connectivity index (χ0n) is 24.1. The first-order valence-electron chi connectivity index (χ1n) is 15.1. The van der Waals surface area contributed by atoms with Gasteiger partial charge in [-0.1, -0.05) is 97.1 Å². The summed E-state index contributed by atoms with van der Waals surface area (Å²) in [5, 5.41) is 6.70. The molecule has 210 valence electrons. The number of hydrogen-bond acceptors (Lipinski definition) is 3. The number of furan rings is 2. The van der Waals surface area contributed by atoms with Gasteiger partial charge in [0.1, 0.15) is 22.3 Å². The molecule has 0 fully saturated rings. The normalized spacial score (nSPS) is 12.0. The zero-order valence-corrected chi connectivity index (χ0v) is 24.1. The van der Waals surface area contributed by atoms with Crippen LogP contribution in [0.25, 0.3) is 93.9 Å². The fourth-order valence-electron chi connectivity index (χ4n) is 7.00. The Kier molecular flexibility index (Phi) is 4.96. The van der Waals surface area contributed by atoms with Crippen molar-refractivity contribution in [3.05, 3.63) is 146 Å². The molecule has 6 aromatic carbocycles. The molecule has 45 heavy (non-hydrogen) atoms. The van der Waals surface area contributed by atoms with E-state index in [4.69, 9.17) is 13.8 Å². The summed E-state index contributed by atoms with van der Waals surface area (Å²) in [5.41, 5.74) is 10.5. The second-order valence-electron chi connectivity index (χ2n) is 11.5. The van der Waals surface area contributed by atoms with Crippen LogP contribution in [0.2, 0.25) is 0 Å². The summed E-state index contributed by atoms with van der Waals surface area (Å²) in [4.78, 5) is 5.25. The maximum atomic E-state index is 6.55. The van der Waals surface area contributed by atoms with E-state index in [9.17, 15) is 0 Å². The van der Waals surface area contributed by atoms with Crippen molar-refractivity contribution in [3.8, 4) is 28.2 Å². The summed E-state index contributed by atoms with van der Waals surface area (Å²) in [6.07, 6.45) is 0. The van der Waals surface area contributed by atoms with Crippen LogP contribution in [-0.4, -0.2) is 9.55 Å². The van der Waals surface area contributed by atoms with Gasteiger partial charge in [-0.05, 0) is 48.5 Å². The number of fused-ring (bicyclic) bond motifs is 10. The Labute approximate surface area is 257 Å². The molecule has 0 N–H and O–H groups in total. The molecule has 0 aliphatic carbocycles. The van der Waals surface area contributed by atoms with Crippen molar-refractivity contribution < 1.29 is 8.83 Å². The number of nitrogens with zero attached hydrogens (tertiary/aromatic N) is 2. The molecule has 0 saturated heterocycles. The van der Waals surface area contributed by atoms with E-state index in [-0.39, 0.29) is 0 Å². The third-order valence-corrected chi connectivity index (χ3v) is 9.00. The Morgan fingerprint density at radius 1 is 0.444 bits per heavy atom. The quantitative estimate of drug-likeness (QED) is 0.210. The minimum atomic E-state index is 0.841. The smallest absolute Gasteiger partial charge is 0.145 e. The van der Waals surface area contributed by atoms with Crippen LogP contribution in [0.1, 0.15) is 0 Å². The van der Waals surface area contributed by atoms with E-state index in [1.807, 2.05) is 30.3 Å². The van der Waals surface area contributed by atoms with Gasteiger partial charge in [0.25, 0.3) is 0 Å². The summed E-state index contributed by atoms with van der Waals surface area (Å²) >= 11 is 0. The number of aromatic nitrogens is 2. The molecule has 0 saturated carbocycles. The first-order chi connectivity index (χ1) is 22.3. The Bertz CT molecular complexity index is 2760. The standard InChI is InChI=1S/C41H24N2O2/c1-2-11-25(12-3-1)33-23-26(24-34(42-33)31-17-10-16-29-27-13-5-8-19-37(27)44-40(29)31)43-35-18-7-4-15-32(35)39-36(43)22-21-30-28-14-6-9-20-38(28)45-41(30)39/h1-24H. The monoisotopic (exact) mass is 576 g/mol. The Balaban J connectivity index is 1.31. The lowest BCUT2D eigenvalue weighted by Gasteiger charge is -2.13. The van der Waals surface area contributed by atoms with Crippen LogP contribution in [0.4, 0.5) is 0 Å². The lowest BCUT2D eigenvalue weighted by molar-refractivity contribution is 0.670. The van der Waals surface area contributed by atoms with Crippen LogP contribution in [0.15, 0.2) is 154 Å². The highest BCUT2D eigenvalue weighted by Crippen LogP contribution is 2.42. The molecular weight excluding hydrogens is 552 g/mol. The van der Waals surface area contributed by atoms with Crippen LogP contribution < -0.4 is 0 Å². The van der Waals surface area contributed by atoms with Crippen molar-refractivity contribution in [2.45, 2.75) is 0 Å². The van der Waals surface area contributed by atoms with E-state index in [1.54, 1.807) is 0 Å². The molecule has 4 heterocycles. The van der Waals surface area contributed by atoms with Crippen LogP contribution in [0, 0.1) is 0 Å². The number of rotatable bonds is 3. The summed E-state index contributed by atoms with van der Waals surface area (Å²) in [5.74, 6) is 0. The highest BCUT2D eigenvalue weighted by molar-refractivity contribution is 6.24. The highest BCUT2D eigenvalue weighted by atomic mass is 16.3. The van der Waals surface area contributed by atoms with E-state index in [1.165, 1.54) is 0 Å². The number of pyridine rings is 1. The SMILES string of the molecule is c1ccc(-c2cc(-n3c4ccccc4c4c5oc6ccccc6c5ccc43)cc(-c3cccc4c3oc3ccccc34)n2)cc1. The minimum absolute atomic E-state index is 0.841. The third kappa shape index (κ3) is 3.51. The van der Waals surface area contributed by atoms with Crippen molar-refractivity contribution in [2.24, 2.45) is 0 Å². The number of benzene rings is 6. The van der Waals surface area contributed by atoms with Crippen molar-refractivity contribution in [2.75, 3.05) is 0 Å². The Morgan fingerprint density at radius 2 is 1.07 bits per heavy atom. The Morgan fingerprint density at radius 3 is 1.87 bits per heavy atom. The molecule has 4 heteroatoms. The third-order valence-electron chi connectivity index (χ3n) is 9.00. The van der Waals surface area contributed by atoms with Crippen molar-refractivity contribution >= 4 is 65.7 Å². The second-order valence-corrected chi connectivity index (χ2v) is 11.5. The van der Waals surface area contributed by atoms with E-state index in [0.717, 1.165) is 93.9 Å². The Hall–Kier alpha value is -6.13. The van der Waals surface area contributed by atoms with Gasteiger partial charge in [-0.25, -0.2) is 4.98 Å². The first-order valence-corrected chi connectivity index (χ1v) is 15.1. The van der Waals surface area contributed by atoms with Crippen molar-refractivity contribution in [1.29, 1.82) is 0 Å². The molecule has 0 amide bonds. The van der Waals surface area contributed by atoms with Crippen LogP contribution in [0.3, 0.4) is 0 Å². The number of hydrogen-bond donors (Lipinski definition) is 0. The topological polar surface area (TPSA) is 44.1 Å². The molecule has 0 unspecified atom stereocenters. The molecule has 0 aliphatic rings. The van der Waals surface area contributed by atoms with E-state index < -0.39 is 0 Å². The van der Waals surface area contributed by atoms with Crippen LogP contribution >= 0.6 is 0 Å². The van der Waals surface area contributed by atoms with Gasteiger partial charge in [-0.2, -0.15) is 0 Å². The summed E-state index contributed by atoms with van der Waals surface area (Å²) in [7, 11) is 0. The predicted octanol–water partition coefficient (Wildman–Crippen LogP) is 11.3.